The third-order valence-electron chi connectivity index (χ3n) is 4.85. The predicted molar refractivity (Wildman–Crippen MR) is 106 cm³/mol. The van der Waals surface area contributed by atoms with E-state index in [9.17, 15) is 4.79 Å². The maximum Gasteiger partial charge on any atom is 0.253 e. The Morgan fingerprint density at radius 1 is 0.963 bits per heavy atom. The Balaban J connectivity index is 1.73. The van der Waals surface area contributed by atoms with Crippen LogP contribution >= 0.6 is 0 Å². The van der Waals surface area contributed by atoms with E-state index >= 15 is 0 Å². The molecule has 1 saturated heterocycles. The fourth-order valence-corrected chi connectivity index (χ4v) is 3.25. The Bertz CT molecular complexity index is 740. The molecule has 0 N–H and O–H groups in total. The van der Waals surface area contributed by atoms with Gasteiger partial charge in [-0.05, 0) is 43.8 Å². The number of benzene rings is 2. The summed E-state index contributed by atoms with van der Waals surface area (Å²) >= 11 is 0. The maximum absolute atomic E-state index is 12.9. The number of rotatable bonds is 7. The number of piperazine rings is 1. The van der Waals surface area contributed by atoms with Crippen molar-refractivity contribution in [1.82, 2.24) is 9.80 Å². The van der Waals surface area contributed by atoms with E-state index in [0.29, 0.717) is 18.8 Å². The van der Waals surface area contributed by atoms with Gasteiger partial charge in [-0.25, -0.2) is 0 Å². The highest BCUT2D eigenvalue weighted by Gasteiger charge is 2.22. The minimum atomic E-state index is 0.0785. The van der Waals surface area contributed by atoms with Crippen LogP contribution in [-0.2, 0) is 6.61 Å². The Labute approximate surface area is 161 Å². The molecule has 27 heavy (non-hydrogen) atoms. The second-order valence-electron chi connectivity index (χ2n) is 6.58. The molecule has 0 aliphatic carbocycles. The van der Waals surface area contributed by atoms with Gasteiger partial charge in [-0.15, -0.1) is 0 Å². The molecule has 0 saturated carbocycles. The lowest BCUT2D eigenvalue weighted by molar-refractivity contribution is 0.0643. The summed E-state index contributed by atoms with van der Waals surface area (Å²) in [7, 11) is 0. The third-order valence-corrected chi connectivity index (χ3v) is 4.85. The molecule has 1 amide bonds. The average Bonchev–Trinajstić information content (AvgIpc) is 2.73. The van der Waals surface area contributed by atoms with Gasteiger partial charge in [-0.2, -0.15) is 0 Å². The van der Waals surface area contributed by atoms with Crippen molar-refractivity contribution in [3.8, 4) is 11.5 Å². The van der Waals surface area contributed by atoms with E-state index in [0.717, 1.165) is 49.8 Å². The standard InChI is InChI=1S/C22H28N2O3/c1-3-23-12-14-24(15-13-23)22(25)18-10-11-21(26-4-2)19(16-18)17-27-20-8-6-5-7-9-20/h5-11,16H,3-4,12-15,17H2,1-2H3. The molecule has 0 radical (unpaired) electrons. The number of amides is 1. The monoisotopic (exact) mass is 368 g/mol. The minimum absolute atomic E-state index is 0.0785. The van der Waals surface area contributed by atoms with E-state index < -0.39 is 0 Å². The summed E-state index contributed by atoms with van der Waals surface area (Å²) in [6.45, 7) is 9.50. The molecule has 0 atom stereocenters. The van der Waals surface area contributed by atoms with Crippen LogP contribution in [0, 0.1) is 0 Å². The van der Waals surface area contributed by atoms with Crippen molar-refractivity contribution in [3.63, 3.8) is 0 Å². The van der Waals surface area contributed by atoms with Gasteiger partial charge in [0.2, 0.25) is 0 Å². The first-order chi connectivity index (χ1) is 13.2. The molecule has 1 aliphatic heterocycles. The van der Waals surface area contributed by atoms with Gasteiger partial charge in [-0.1, -0.05) is 25.1 Å². The second-order valence-corrected chi connectivity index (χ2v) is 6.58. The van der Waals surface area contributed by atoms with Crippen LogP contribution in [0.2, 0.25) is 0 Å². The summed E-state index contributed by atoms with van der Waals surface area (Å²) in [6.07, 6.45) is 0. The van der Waals surface area contributed by atoms with Crippen LogP contribution in [0.1, 0.15) is 29.8 Å². The summed E-state index contributed by atoms with van der Waals surface area (Å²) in [5, 5.41) is 0. The van der Waals surface area contributed by atoms with Gasteiger partial charge in [0.05, 0.1) is 6.61 Å². The normalized spacial score (nSPS) is 14.8. The lowest BCUT2D eigenvalue weighted by Crippen LogP contribution is -2.48. The van der Waals surface area contributed by atoms with Crippen LogP contribution < -0.4 is 9.47 Å². The molecule has 5 heteroatoms. The SMILES string of the molecule is CCOc1ccc(C(=O)N2CCN(CC)CC2)cc1COc1ccccc1. The zero-order valence-electron chi connectivity index (χ0n) is 16.2. The van der Waals surface area contributed by atoms with Crippen LogP contribution in [0.5, 0.6) is 11.5 Å². The Morgan fingerprint density at radius 3 is 2.37 bits per heavy atom. The van der Waals surface area contributed by atoms with Crippen LogP contribution in [-0.4, -0.2) is 55.0 Å². The average molecular weight is 368 g/mol. The number of hydrogen-bond donors (Lipinski definition) is 0. The lowest BCUT2D eigenvalue weighted by Gasteiger charge is -2.34. The summed E-state index contributed by atoms with van der Waals surface area (Å²) in [5.74, 6) is 1.64. The number of nitrogens with zero attached hydrogens (tertiary/aromatic N) is 2. The van der Waals surface area contributed by atoms with Gasteiger partial charge in [0.15, 0.2) is 0 Å². The fourth-order valence-electron chi connectivity index (χ4n) is 3.25. The van der Waals surface area contributed by atoms with E-state index in [-0.39, 0.29) is 5.91 Å². The molecule has 1 aliphatic rings. The molecule has 0 unspecified atom stereocenters. The molecule has 144 valence electrons. The maximum atomic E-state index is 12.9. The molecule has 1 heterocycles. The van der Waals surface area contributed by atoms with Crippen LogP contribution in [0.4, 0.5) is 0 Å². The largest absolute Gasteiger partial charge is 0.493 e. The highest BCUT2D eigenvalue weighted by Crippen LogP contribution is 2.24. The first-order valence-corrected chi connectivity index (χ1v) is 9.66. The van der Waals surface area contributed by atoms with E-state index in [1.54, 1.807) is 0 Å². The van der Waals surface area contributed by atoms with Gasteiger partial charge in [0.25, 0.3) is 5.91 Å². The summed E-state index contributed by atoms with van der Waals surface area (Å²) in [6, 6.07) is 15.3. The van der Waals surface area contributed by atoms with Crippen LogP contribution in [0.25, 0.3) is 0 Å². The second kappa shape index (κ2) is 9.42. The van der Waals surface area contributed by atoms with Gasteiger partial charge < -0.3 is 19.3 Å². The van der Waals surface area contributed by atoms with Crippen molar-refractivity contribution < 1.29 is 14.3 Å². The number of carbonyl (C=O) groups is 1. The quantitative estimate of drug-likeness (QED) is 0.751. The minimum Gasteiger partial charge on any atom is -0.493 e. The fraction of sp³-hybridized carbons (Fsp3) is 0.409. The van der Waals surface area contributed by atoms with Gasteiger partial charge in [0, 0.05) is 37.3 Å². The van der Waals surface area contributed by atoms with Gasteiger partial charge >= 0.3 is 0 Å². The van der Waals surface area contributed by atoms with E-state index in [1.807, 2.05) is 60.4 Å². The van der Waals surface area contributed by atoms with Crippen molar-refractivity contribution in [2.45, 2.75) is 20.5 Å². The third kappa shape index (κ3) is 5.01. The van der Waals surface area contributed by atoms with Crippen molar-refractivity contribution in [2.24, 2.45) is 0 Å². The van der Waals surface area contributed by atoms with Gasteiger partial charge in [0.1, 0.15) is 18.1 Å². The van der Waals surface area contributed by atoms with Crippen LogP contribution in [0.15, 0.2) is 48.5 Å². The smallest absolute Gasteiger partial charge is 0.253 e. The van der Waals surface area contributed by atoms with Crippen molar-refractivity contribution in [3.05, 3.63) is 59.7 Å². The highest BCUT2D eigenvalue weighted by molar-refractivity contribution is 5.94. The zero-order valence-corrected chi connectivity index (χ0v) is 16.2. The predicted octanol–water partition coefficient (Wildman–Crippen LogP) is 3.44. The summed E-state index contributed by atoms with van der Waals surface area (Å²) in [4.78, 5) is 17.2. The molecular weight excluding hydrogens is 340 g/mol. The van der Waals surface area contributed by atoms with E-state index in [4.69, 9.17) is 9.47 Å². The topological polar surface area (TPSA) is 42.0 Å². The number of ether oxygens (including phenoxy) is 2. The zero-order chi connectivity index (χ0) is 19.1. The summed E-state index contributed by atoms with van der Waals surface area (Å²) < 4.78 is 11.6. The Morgan fingerprint density at radius 2 is 1.70 bits per heavy atom. The number of para-hydroxylation sites is 1. The van der Waals surface area contributed by atoms with E-state index in [2.05, 4.69) is 11.8 Å². The van der Waals surface area contributed by atoms with E-state index in [1.165, 1.54) is 0 Å². The van der Waals surface area contributed by atoms with Gasteiger partial charge in [-0.3, -0.25) is 4.79 Å². The first-order valence-electron chi connectivity index (χ1n) is 9.66. The number of hydrogen-bond acceptors (Lipinski definition) is 4. The Kier molecular flexibility index (Phi) is 6.71. The van der Waals surface area contributed by atoms with Crippen molar-refractivity contribution >= 4 is 5.91 Å². The lowest BCUT2D eigenvalue weighted by atomic mass is 10.1. The van der Waals surface area contributed by atoms with Crippen LogP contribution in [0.3, 0.4) is 0 Å². The molecule has 0 spiro atoms. The summed E-state index contributed by atoms with van der Waals surface area (Å²) in [5.41, 5.74) is 1.58. The molecule has 0 bridgehead atoms. The molecule has 2 aromatic rings. The molecule has 3 rings (SSSR count). The van der Waals surface area contributed by atoms with Crippen molar-refractivity contribution in [2.75, 3.05) is 39.3 Å². The molecular formula is C22H28N2O3. The highest BCUT2D eigenvalue weighted by atomic mass is 16.5. The first kappa shape index (κ1) is 19.2. The number of likely N-dealkylation sites (N-methyl/N-ethyl adjacent to an activating group) is 1. The molecule has 2 aromatic carbocycles. The molecule has 1 fully saturated rings. The molecule has 5 nitrogen and oxygen atoms in total. The molecule has 0 aromatic heterocycles. The number of carbonyl (C=O) groups excluding carboxylic acids is 1. The van der Waals surface area contributed by atoms with Crippen molar-refractivity contribution in [1.29, 1.82) is 0 Å². The Hall–Kier alpha value is -2.53.